The molecular weight excluding hydrogens is 133 g/mol. The van der Waals surface area contributed by atoms with Crippen molar-refractivity contribution in [3.05, 3.63) is 0 Å². The summed E-state index contributed by atoms with van der Waals surface area (Å²) in [6.07, 6.45) is 1.31. The Bertz CT molecular complexity index is 103. The lowest BCUT2D eigenvalue weighted by Gasteiger charge is -1.55. The Balaban J connectivity index is 0. The summed E-state index contributed by atoms with van der Waals surface area (Å²) in [5.74, 6) is 0. The van der Waals surface area contributed by atoms with Crippen LogP contribution in [0, 0.1) is 0 Å². The van der Waals surface area contributed by atoms with Crippen LogP contribution in [0.1, 0.15) is 0 Å². The van der Waals surface area contributed by atoms with E-state index in [4.69, 9.17) is 14.7 Å². The molecule has 46 valence electrons. The minimum absolute atomic E-state index is 1.31. The third-order valence-electron chi connectivity index (χ3n) is 0.0913. The Morgan fingerprint density at radius 1 is 1.88 bits per heavy atom. The molecule has 0 aliphatic rings. The zero-order valence-corrected chi connectivity index (χ0v) is 4.84. The van der Waals surface area contributed by atoms with Gasteiger partial charge >= 0.3 is 5.43 Å². The van der Waals surface area contributed by atoms with E-state index in [2.05, 4.69) is 16.6 Å². The van der Waals surface area contributed by atoms with Crippen molar-refractivity contribution in [2.45, 2.75) is 0 Å². The number of hydrogen-bond donors (Lipinski definition) is 1. The molecule has 0 unspecified atom stereocenters. The Hall–Kier alpha value is -0.860. The molecule has 8 heavy (non-hydrogen) atoms. The summed E-state index contributed by atoms with van der Waals surface area (Å²) < 4.78 is 0. The number of halogens is 1. The first-order valence-electron chi connectivity index (χ1n) is 1.49. The minimum Gasteiger partial charge on any atom is -0.469 e. The average Bonchev–Trinajstić information content (AvgIpc) is 1.65. The molecular formula is C3H4ClNO3. The van der Waals surface area contributed by atoms with Gasteiger partial charge in [0.25, 0.3) is 0 Å². The van der Waals surface area contributed by atoms with Gasteiger partial charge in [-0.1, -0.05) is 0 Å². The van der Waals surface area contributed by atoms with E-state index in [0.29, 0.717) is 0 Å². The van der Waals surface area contributed by atoms with E-state index < -0.39 is 5.43 Å². The summed E-state index contributed by atoms with van der Waals surface area (Å²) in [5.41, 5.74) is -1.36. The molecule has 0 spiro atoms. The summed E-state index contributed by atoms with van der Waals surface area (Å²) in [6.45, 7) is 0. The van der Waals surface area contributed by atoms with Crippen molar-refractivity contribution in [3.8, 4) is 0 Å². The molecule has 0 amide bonds. The second kappa shape index (κ2) is 9.46. The SMILES string of the molecule is CN=C=O.O=C(O)Cl. The van der Waals surface area contributed by atoms with Crippen LogP contribution in [0.25, 0.3) is 0 Å². The van der Waals surface area contributed by atoms with Crippen molar-refractivity contribution in [1.82, 2.24) is 0 Å². The van der Waals surface area contributed by atoms with E-state index in [-0.39, 0.29) is 0 Å². The zero-order valence-electron chi connectivity index (χ0n) is 4.09. The molecule has 4 nitrogen and oxygen atoms in total. The quantitative estimate of drug-likeness (QED) is 0.306. The van der Waals surface area contributed by atoms with E-state index in [1.165, 1.54) is 13.1 Å². The Morgan fingerprint density at radius 3 is 2.00 bits per heavy atom. The van der Waals surface area contributed by atoms with Crippen LogP contribution in [-0.4, -0.2) is 23.7 Å². The summed E-state index contributed by atoms with van der Waals surface area (Å²) in [5, 5.41) is 7.18. The fourth-order valence-corrected chi connectivity index (χ4v) is 0. The van der Waals surface area contributed by atoms with Crippen LogP contribution in [0.5, 0.6) is 0 Å². The lowest BCUT2D eigenvalue weighted by molar-refractivity contribution is 0.220. The Morgan fingerprint density at radius 2 is 2.00 bits per heavy atom. The van der Waals surface area contributed by atoms with Crippen molar-refractivity contribution < 1.29 is 14.7 Å². The van der Waals surface area contributed by atoms with Crippen LogP contribution in [0.4, 0.5) is 4.79 Å². The van der Waals surface area contributed by atoms with E-state index in [9.17, 15) is 0 Å². The van der Waals surface area contributed by atoms with E-state index in [0.717, 1.165) is 0 Å². The lowest BCUT2D eigenvalue weighted by atomic mass is 11.4. The average molecular weight is 138 g/mol. The maximum Gasteiger partial charge on any atom is 0.401 e. The second-order valence-corrected chi connectivity index (χ2v) is 0.891. The van der Waals surface area contributed by atoms with Gasteiger partial charge < -0.3 is 5.11 Å². The number of rotatable bonds is 0. The molecule has 0 bridgehead atoms. The number of nitrogens with zero attached hydrogens (tertiary/aromatic N) is 1. The van der Waals surface area contributed by atoms with Crippen LogP contribution in [0.3, 0.4) is 0 Å². The van der Waals surface area contributed by atoms with Gasteiger partial charge in [-0.25, -0.2) is 14.6 Å². The fraction of sp³-hybridized carbons (Fsp3) is 0.333. The highest BCUT2D eigenvalue weighted by molar-refractivity contribution is 6.60. The molecule has 5 heteroatoms. The van der Waals surface area contributed by atoms with Gasteiger partial charge in [-0.15, -0.1) is 0 Å². The van der Waals surface area contributed by atoms with Crippen LogP contribution in [0.2, 0.25) is 0 Å². The monoisotopic (exact) mass is 137 g/mol. The Kier molecular flexibility index (Phi) is 12.1. The van der Waals surface area contributed by atoms with Gasteiger partial charge in [-0.2, -0.15) is 0 Å². The first kappa shape index (κ1) is 10.2. The summed E-state index contributed by atoms with van der Waals surface area (Å²) in [6, 6.07) is 0. The molecule has 0 rings (SSSR count). The second-order valence-electron chi connectivity index (χ2n) is 0.568. The molecule has 0 aliphatic carbocycles. The summed E-state index contributed by atoms with van der Waals surface area (Å²) >= 11 is 4.19. The van der Waals surface area contributed by atoms with Crippen molar-refractivity contribution >= 4 is 23.1 Å². The van der Waals surface area contributed by atoms with Gasteiger partial charge in [0.2, 0.25) is 6.08 Å². The van der Waals surface area contributed by atoms with Gasteiger partial charge in [0.15, 0.2) is 0 Å². The van der Waals surface area contributed by atoms with Gasteiger partial charge in [-0.3, -0.25) is 0 Å². The highest BCUT2D eigenvalue weighted by Crippen LogP contribution is 1.67. The molecule has 0 atom stereocenters. The first-order valence-corrected chi connectivity index (χ1v) is 1.87. The van der Waals surface area contributed by atoms with Crippen molar-refractivity contribution in [1.29, 1.82) is 0 Å². The number of aliphatic imine (C=N–C) groups is 1. The van der Waals surface area contributed by atoms with Crippen molar-refractivity contribution in [2.24, 2.45) is 4.99 Å². The third-order valence-corrected chi connectivity index (χ3v) is 0.0913. The summed E-state index contributed by atoms with van der Waals surface area (Å²) in [4.78, 5) is 20.6. The molecule has 0 radical (unpaired) electrons. The van der Waals surface area contributed by atoms with Gasteiger partial charge in [0.1, 0.15) is 0 Å². The van der Waals surface area contributed by atoms with E-state index in [1.807, 2.05) is 0 Å². The highest BCUT2D eigenvalue weighted by atomic mass is 35.5. The molecule has 0 fully saturated rings. The number of hydrogen-bond acceptors (Lipinski definition) is 3. The molecule has 0 aliphatic heterocycles. The molecule has 0 aromatic carbocycles. The molecule has 0 saturated carbocycles. The minimum atomic E-state index is -1.36. The van der Waals surface area contributed by atoms with Crippen molar-refractivity contribution in [3.63, 3.8) is 0 Å². The molecule has 0 heterocycles. The molecule has 0 aromatic heterocycles. The number of carbonyl (C=O) groups excluding carboxylic acids is 1. The van der Waals surface area contributed by atoms with E-state index in [1.54, 1.807) is 0 Å². The molecule has 0 aromatic rings. The van der Waals surface area contributed by atoms with Crippen LogP contribution >= 0.6 is 11.6 Å². The predicted molar refractivity (Wildman–Crippen MR) is 27.9 cm³/mol. The van der Waals surface area contributed by atoms with Crippen molar-refractivity contribution in [2.75, 3.05) is 7.05 Å². The van der Waals surface area contributed by atoms with Gasteiger partial charge in [-0.05, 0) is 0 Å². The number of carboxylic acid groups (broad SMARTS) is 1. The number of carbonyl (C=O) groups is 1. The standard InChI is InChI=1S/C2H3NO.CHClO2/c1-3-2-4;2-1(3)4/h1H3;(H,3,4). The molecule has 0 saturated heterocycles. The van der Waals surface area contributed by atoms with Gasteiger partial charge in [0.05, 0.1) is 0 Å². The number of isocyanates is 1. The molecule has 1 N–H and O–H groups in total. The maximum atomic E-state index is 8.88. The smallest absolute Gasteiger partial charge is 0.401 e. The normalized spacial score (nSPS) is 5.25. The van der Waals surface area contributed by atoms with Gasteiger partial charge in [0, 0.05) is 18.6 Å². The maximum absolute atomic E-state index is 8.88. The highest BCUT2D eigenvalue weighted by Gasteiger charge is 1.71. The fourth-order valence-electron chi connectivity index (χ4n) is 0. The zero-order chi connectivity index (χ0) is 6.99. The summed E-state index contributed by atoms with van der Waals surface area (Å²) in [7, 11) is 1.38. The van der Waals surface area contributed by atoms with Crippen LogP contribution in [0.15, 0.2) is 4.99 Å². The van der Waals surface area contributed by atoms with Crippen LogP contribution < -0.4 is 0 Å². The topological polar surface area (TPSA) is 66.7 Å². The van der Waals surface area contributed by atoms with E-state index >= 15 is 0 Å². The predicted octanol–water partition coefficient (Wildman–Crippen LogP) is 0.855. The Labute approximate surface area is 50.8 Å². The third kappa shape index (κ3) is 4490. The first-order chi connectivity index (χ1) is 3.65. The lowest BCUT2D eigenvalue weighted by Crippen LogP contribution is -1.66. The largest absolute Gasteiger partial charge is 0.469 e. The van der Waals surface area contributed by atoms with Crippen LogP contribution in [-0.2, 0) is 4.79 Å².